The third kappa shape index (κ3) is 53.2. The Kier molecular flexibility index (Phi) is 48.6. The van der Waals surface area contributed by atoms with Gasteiger partial charge in [0.25, 0.3) is 0 Å². The Hall–Kier alpha value is -1.94. The molecule has 19 heteroatoms. The number of hydrogen-bond donors (Lipinski definition) is 3. The van der Waals surface area contributed by atoms with E-state index in [1.807, 2.05) is 0 Å². The molecule has 0 heterocycles. The zero-order valence-electron chi connectivity index (χ0n) is 49.4. The van der Waals surface area contributed by atoms with Crippen LogP contribution in [-0.2, 0) is 65.4 Å². The van der Waals surface area contributed by atoms with Crippen molar-refractivity contribution < 1.29 is 80.2 Å². The summed E-state index contributed by atoms with van der Waals surface area (Å²) < 4.78 is 67.5. The van der Waals surface area contributed by atoms with E-state index in [0.717, 1.165) is 108 Å². The lowest BCUT2D eigenvalue weighted by Gasteiger charge is -2.21. The number of aliphatic hydroxyl groups is 1. The molecule has 77 heavy (non-hydrogen) atoms. The molecule has 0 saturated carbocycles. The minimum Gasteiger partial charge on any atom is -0.462 e. The number of aliphatic hydroxyl groups excluding tert-OH is 1. The predicted octanol–water partition coefficient (Wildman–Crippen LogP) is 15.2. The van der Waals surface area contributed by atoms with Gasteiger partial charge < -0.3 is 33.8 Å². The lowest BCUT2D eigenvalue weighted by atomic mass is 10.0. The lowest BCUT2D eigenvalue weighted by Crippen LogP contribution is -2.30. The zero-order chi connectivity index (χ0) is 57.4. The van der Waals surface area contributed by atoms with Crippen molar-refractivity contribution in [3.8, 4) is 0 Å². The summed E-state index contributed by atoms with van der Waals surface area (Å²) in [6.07, 6.45) is 28.6. The van der Waals surface area contributed by atoms with E-state index < -0.39 is 97.5 Å². The van der Waals surface area contributed by atoms with Gasteiger partial charge in [-0.15, -0.1) is 0 Å². The SMILES string of the molecule is CCCCCCCC(=O)OC[C@H](COP(=O)(O)OC[C@H](O)COP(=O)(O)OC[C@@H](COC(=O)CCCCCCCCCCC(C)C)OC(=O)CCCCCCCCCCCC(C)C)OC(=O)CCCCCCCCC(C)C. The first-order valence-electron chi connectivity index (χ1n) is 30.3. The van der Waals surface area contributed by atoms with Crippen LogP contribution in [0.2, 0.25) is 0 Å². The van der Waals surface area contributed by atoms with Crippen LogP contribution in [0.3, 0.4) is 0 Å². The quantitative estimate of drug-likeness (QED) is 0.0222. The third-order valence-electron chi connectivity index (χ3n) is 13.1. The number of carbonyl (C=O) groups is 4. The molecule has 0 amide bonds. The average Bonchev–Trinajstić information content (AvgIpc) is 3.37. The standard InChI is InChI=1S/C58H112O17P2/c1-8-9-10-22-32-39-55(60)68-45-53(75-58(63)42-35-28-21-20-25-31-38-51(6)7)47-72-76(64,65)70-43-52(59)44-71-77(66,67)73-48-54(46-69-56(61)40-33-26-18-15-14-17-24-30-37-50(4)5)74-57(62)41-34-27-19-13-11-12-16-23-29-36-49(2)3/h49-54,59H,8-48H2,1-7H3,(H,64,65)(H,66,67)/t52-,53+,54+/m0/s1. The van der Waals surface area contributed by atoms with Gasteiger partial charge in [-0.1, -0.05) is 222 Å². The molecule has 3 N–H and O–H groups in total. The Balaban J connectivity index is 5.20. The van der Waals surface area contributed by atoms with Gasteiger partial charge in [0.05, 0.1) is 26.4 Å². The van der Waals surface area contributed by atoms with Crippen LogP contribution in [0.4, 0.5) is 0 Å². The first kappa shape index (κ1) is 75.1. The van der Waals surface area contributed by atoms with Crippen molar-refractivity contribution in [2.75, 3.05) is 39.6 Å². The fourth-order valence-electron chi connectivity index (χ4n) is 8.42. The van der Waals surface area contributed by atoms with Crippen LogP contribution < -0.4 is 0 Å². The molecule has 0 bridgehead atoms. The molecule has 0 radical (unpaired) electrons. The van der Waals surface area contributed by atoms with E-state index in [2.05, 4.69) is 48.5 Å². The summed E-state index contributed by atoms with van der Waals surface area (Å²) in [4.78, 5) is 71.6. The number of phosphoric ester groups is 2. The summed E-state index contributed by atoms with van der Waals surface area (Å²) in [5.74, 6) is -0.0272. The summed E-state index contributed by atoms with van der Waals surface area (Å²) in [5.41, 5.74) is 0. The normalized spacial score (nSPS) is 14.6. The molecule has 0 aromatic rings. The molecule has 0 aromatic carbocycles. The van der Waals surface area contributed by atoms with Crippen molar-refractivity contribution >= 4 is 39.5 Å². The van der Waals surface area contributed by atoms with E-state index >= 15 is 0 Å². The van der Waals surface area contributed by atoms with Crippen LogP contribution in [0.5, 0.6) is 0 Å². The number of carbonyl (C=O) groups excluding carboxylic acids is 4. The van der Waals surface area contributed by atoms with E-state index in [9.17, 15) is 43.2 Å². The van der Waals surface area contributed by atoms with Gasteiger partial charge in [-0.05, 0) is 43.4 Å². The summed E-state index contributed by atoms with van der Waals surface area (Å²) >= 11 is 0. The molecule has 456 valence electrons. The number of unbranched alkanes of at least 4 members (excludes halogenated alkanes) is 24. The molecule has 0 aliphatic carbocycles. The molecule has 0 fully saturated rings. The molecule has 0 aromatic heterocycles. The van der Waals surface area contributed by atoms with E-state index in [1.54, 1.807) is 0 Å². The second-order valence-electron chi connectivity index (χ2n) is 22.5. The third-order valence-corrected chi connectivity index (χ3v) is 15.0. The smallest absolute Gasteiger partial charge is 0.462 e. The Morgan fingerprint density at radius 2 is 0.597 bits per heavy atom. The van der Waals surface area contributed by atoms with Gasteiger partial charge >= 0.3 is 39.5 Å². The average molecular weight is 1140 g/mol. The molecule has 17 nitrogen and oxygen atoms in total. The van der Waals surface area contributed by atoms with Gasteiger partial charge in [0.15, 0.2) is 12.2 Å². The lowest BCUT2D eigenvalue weighted by molar-refractivity contribution is -0.161. The van der Waals surface area contributed by atoms with E-state index in [4.69, 9.17) is 37.0 Å². The van der Waals surface area contributed by atoms with Crippen molar-refractivity contribution in [2.45, 2.75) is 292 Å². The maximum absolute atomic E-state index is 12.9. The second kappa shape index (κ2) is 49.8. The monoisotopic (exact) mass is 1140 g/mol. The summed E-state index contributed by atoms with van der Waals surface area (Å²) in [5, 5.41) is 10.5. The minimum atomic E-state index is -4.94. The molecular weight excluding hydrogens is 1030 g/mol. The van der Waals surface area contributed by atoms with Crippen LogP contribution in [0.15, 0.2) is 0 Å². The van der Waals surface area contributed by atoms with Crippen LogP contribution in [-0.4, -0.2) is 96.7 Å². The van der Waals surface area contributed by atoms with Crippen molar-refractivity contribution in [3.05, 3.63) is 0 Å². The largest absolute Gasteiger partial charge is 0.472 e. The molecule has 0 rings (SSSR count). The Labute approximate surface area is 467 Å². The van der Waals surface area contributed by atoms with Gasteiger partial charge in [0, 0.05) is 25.7 Å². The molecule has 2 unspecified atom stereocenters. The van der Waals surface area contributed by atoms with Crippen molar-refractivity contribution in [3.63, 3.8) is 0 Å². The fourth-order valence-corrected chi connectivity index (χ4v) is 10.00. The van der Waals surface area contributed by atoms with Crippen LogP contribution in [0.1, 0.15) is 273 Å². The number of ether oxygens (including phenoxy) is 4. The highest BCUT2D eigenvalue weighted by atomic mass is 31.2. The maximum atomic E-state index is 12.9. The second-order valence-corrected chi connectivity index (χ2v) is 25.4. The van der Waals surface area contributed by atoms with Gasteiger partial charge in [-0.2, -0.15) is 0 Å². The van der Waals surface area contributed by atoms with Crippen LogP contribution in [0, 0.1) is 17.8 Å². The van der Waals surface area contributed by atoms with Gasteiger partial charge in [-0.3, -0.25) is 37.3 Å². The van der Waals surface area contributed by atoms with Gasteiger partial charge in [0.1, 0.15) is 19.3 Å². The fraction of sp³-hybridized carbons (Fsp3) is 0.931. The van der Waals surface area contributed by atoms with Crippen LogP contribution >= 0.6 is 15.6 Å². The molecule has 5 atom stereocenters. The highest BCUT2D eigenvalue weighted by Gasteiger charge is 2.30. The van der Waals surface area contributed by atoms with Crippen molar-refractivity contribution in [2.24, 2.45) is 17.8 Å². The van der Waals surface area contributed by atoms with Gasteiger partial charge in [0.2, 0.25) is 0 Å². The van der Waals surface area contributed by atoms with Crippen molar-refractivity contribution in [1.29, 1.82) is 0 Å². The number of hydrogen-bond acceptors (Lipinski definition) is 15. The Morgan fingerprint density at radius 1 is 0.351 bits per heavy atom. The summed E-state index contributed by atoms with van der Waals surface area (Å²) in [7, 11) is -9.87. The van der Waals surface area contributed by atoms with Crippen LogP contribution in [0.25, 0.3) is 0 Å². The van der Waals surface area contributed by atoms with E-state index in [1.165, 1.54) is 77.0 Å². The first-order chi connectivity index (χ1) is 36.7. The minimum absolute atomic E-state index is 0.101. The van der Waals surface area contributed by atoms with Gasteiger partial charge in [-0.25, -0.2) is 9.13 Å². The van der Waals surface area contributed by atoms with Crippen molar-refractivity contribution in [1.82, 2.24) is 0 Å². The Bertz CT molecular complexity index is 1550. The molecular formula is C58H112O17P2. The number of rotatable bonds is 56. The molecule has 0 aliphatic heterocycles. The first-order valence-corrected chi connectivity index (χ1v) is 33.3. The van der Waals surface area contributed by atoms with E-state index in [-0.39, 0.29) is 25.7 Å². The zero-order valence-corrected chi connectivity index (χ0v) is 51.2. The molecule has 0 aliphatic rings. The highest BCUT2D eigenvalue weighted by molar-refractivity contribution is 7.47. The van der Waals surface area contributed by atoms with E-state index in [0.29, 0.717) is 31.6 Å². The number of phosphoric acid groups is 2. The molecule has 0 spiro atoms. The maximum Gasteiger partial charge on any atom is 0.472 e. The number of esters is 4. The topological polar surface area (TPSA) is 237 Å². The molecule has 0 saturated heterocycles. The summed E-state index contributed by atoms with van der Waals surface area (Å²) in [6.45, 7) is 11.5. The predicted molar refractivity (Wildman–Crippen MR) is 303 cm³/mol. The highest BCUT2D eigenvalue weighted by Crippen LogP contribution is 2.45. The summed E-state index contributed by atoms with van der Waals surface area (Å²) in [6, 6.07) is 0. The Morgan fingerprint density at radius 3 is 0.883 bits per heavy atom.